The van der Waals surface area contributed by atoms with Gasteiger partial charge in [0.25, 0.3) is 0 Å². The van der Waals surface area contributed by atoms with Crippen molar-refractivity contribution in [2.45, 2.75) is 219 Å². The monoisotopic (exact) mass is 834 g/mol. The molecule has 0 unspecified atom stereocenters. The summed E-state index contributed by atoms with van der Waals surface area (Å²) in [5.41, 5.74) is 0. The number of ether oxygens (including phenoxy) is 11. The van der Waals surface area contributed by atoms with Gasteiger partial charge in [-0.3, -0.25) is 24.0 Å². The highest BCUT2D eigenvalue weighted by Gasteiger charge is 2.57. The fourth-order valence-electron chi connectivity index (χ4n) is 7.26. The van der Waals surface area contributed by atoms with E-state index in [0.717, 1.165) is 72.6 Å². The molecule has 2 N–H and O–H groups in total. The number of aliphatic hydroxyl groups is 2. The summed E-state index contributed by atoms with van der Waals surface area (Å²) in [6.45, 7) is 13.6. The van der Waals surface area contributed by atoms with Crippen LogP contribution in [0.2, 0.25) is 0 Å². The molecule has 3 aliphatic heterocycles. The molecule has 3 saturated heterocycles. The number of carbonyl (C=O) groups excluding carboxylic acids is 5. The van der Waals surface area contributed by atoms with Crippen LogP contribution in [0.25, 0.3) is 0 Å². The minimum atomic E-state index is -1.78. The zero-order chi connectivity index (χ0) is 43.1. The summed E-state index contributed by atoms with van der Waals surface area (Å²) >= 11 is 0. The van der Waals surface area contributed by atoms with Crippen molar-refractivity contribution < 1.29 is 86.3 Å². The first kappa shape index (κ1) is 49.4. The Labute approximate surface area is 341 Å². The molecule has 0 aromatic heterocycles. The van der Waals surface area contributed by atoms with Crippen LogP contribution in [-0.2, 0) is 76.1 Å². The number of hydrogen-bond donors (Lipinski definition) is 2. The van der Waals surface area contributed by atoms with E-state index in [-0.39, 0.29) is 13.0 Å². The Hall–Kier alpha value is -2.97. The zero-order valence-electron chi connectivity index (χ0n) is 35.4. The fourth-order valence-corrected chi connectivity index (χ4v) is 7.26. The highest BCUT2D eigenvalue weighted by molar-refractivity contribution is 5.70. The minimum absolute atomic E-state index is 0.111. The highest BCUT2D eigenvalue weighted by atomic mass is 16.8. The van der Waals surface area contributed by atoms with E-state index in [9.17, 15) is 34.2 Å². The highest BCUT2D eigenvalue weighted by Crippen LogP contribution is 2.36. The lowest BCUT2D eigenvalue weighted by atomic mass is 9.96. The van der Waals surface area contributed by atoms with Crippen molar-refractivity contribution >= 4 is 29.8 Å². The van der Waals surface area contributed by atoms with E-state index in [2.05, 4.69) is 6.92 Å². The van der Waals surface area contributed by atoms with Crippen LogP contribution in [0.15, 0.2) is 0 Å². The van der Waals surface area contributed by atoms with Crippen LogP contribution >= 0.6 is 0 Å². The molecule has 18 nitrogen and oxygen atoms in total. The van der Waals surface area contributed by atoms with E-state index in [0.29, 0.717) is 12.8 Å². The van der Waals surface area contributed by atoms with E-state index in [1.54, 1.807) is 6.92 Å². The van der Waals surface area contributed by atoms with Gasteiger partial charge < -0.3 is 62.3 Å². The molecule has 0 radical (unpaired) electrons. The second kappa shape index (κ2) is 24.3. The summed E-state index contributed by atoms with van der Waals surface area (Å²) in [6.07, 6.45) is -11.9. The molecule has 0 aromatic carbocycles. The maximum absolute atomic E-state index is 13.1. The van der Waals surface area contributed by atoms with E-state index in [1.807, 2.05) is 6.92 Å². The standard InChI is InChI=1S/C40H66O18/c1-10-12-14-15-16-18-20-48-38-29(46)35(32(22(4)49-38)56-28(45)19-17-13-11-2)57-40-37(55-27(9)44)36(33(23(5)51-40)53-25(7)42)58-39-30(47)34(54-26(8)43)31(21(3)50-39)52-24(6)41/h21-23,29-40,46-47H,10-20H2,1-9H3/t21-,22+,23-,29+,30-,31-,32+,33-,34-,35+,36+,37-,38+,39+,40+/m0/s1. The SMILES string of the molecule is CCCCCCCCO[C@@H]1O[C@H](C)[C@@H](OC(=O)CCCCC)[C@H](O[C@H]2O[C@@H](C)[C@H](OC(C)=O)[C@@H](O[C@H]3O[C@@H](C)[C@H](OC(C)=O)[C@@H](OC(C)=O)[C@@H]3O)[C@@H]2OC(C)=O)[C@H]1O. The first-order chi connectivity index (χ1) is 27.5. The molecule has 0 aromatic rings. The molecule has 3 rings (SSSR count). The van der Waals surface area contributed by atoms with Crippen molar-refractivity contribution in [3.8, 4) is 0 Å². The first-order valence-electron chi connectivity index (χ1n) is 20.6. The summed E-state index contributed by atoms with van der Waals surface area (Å²) in [4.78, 5) is 62.2. The average Bonchev–Trinajstić information content (AvgIpc) is 3.13. The normalized spacial score (nSPS) is 35.1. The first-order valence-corrected chi connectivity index (χ1v) is 20.6. The number of carbonyl (C=O) groups is 5. The predicted molar refractivity (Wildman–Crippen MR) is 200 cm³/mol. The van der Waals surface area contributed by atoms with Crippen LogP contribution < -0.4 is 0 Å². The molecule has 58 heavy (non-hydrogen) atoms. The molecular formula is C40H66O18. The van der Waals surface area contributed by atoms with Crippen LogP contribution in [0.4, 0.5) is 0 Å². The van der Waals surface area contributed by atoms with Gasteiger partial charge in [-0.1, -0.05) is 58.8 Å². The molecule has 3 fully saturated rings. The summed E-state index contributed by atoms with van der Waals surface area (Å²) < 4.78 is 64.8. The van der Waals surface area contributed by atoms with E-state index < -0.39 is 122 Å². The van der Waals surface area contributed by atoms with Crippen molar-refractivity contribution in [2.24, 2.45) is 0 Å². The van der Waals surface area contributed by atoms with Gasteiger partial charge in [0, 0.05) is 40.7 Å². The second-order valence-electron chi connectivity index (χ2n) is 15.2. The Balaban J connectivity index is 1.98. The minimum Gasteiger partial charge on any atom is -0.457 e. The molecule has 334 valence electrons. The Morgan fingerprint density at radius 3 is 1.45 bits per heavy atom. The van der Waals surface area contributed by atoms with E-state index in [4.69, 9.17) is 52.1 Å². The number of unbranched alkanes of at least 4 members (excludes halogenated alkanes) is 7. The lowest BCUT2D eigenvalue weighted by molar-refractivity contribution is -0.376. The smallest absolute Gasteiger partial charge is 0.306 e. The maximum atomic E-state index is 13.1. The lowest BCUT2D eigenvalue weighted by Gasteiger charge is -2.49. The number of hydrogen-bond acceptors (Lipinski definition) is 18. The molecule has 3 aliphatic rings. The largest absolute Gasteiger partial charge is 0.457 e. The van der Waals surface area contributed by atoms with Gasteiger partial charge >= 0.3 is 29.8 Å². The molecule has 0 amide bonds. The predicted octanol–water partition coefficient (Wildman–Crippen LogP) is 3.31. The van der Waals surface area contributed by atoms with Gasteiger partial charge in [-0.15, -0.1) is 0 Å². The Morgan fingerprint density at radius 2 is 0.879 bits per heavy atom. The van der Waals surface area contributed by atoms with Crippen molar-refractivity contribution in [1.29, 1.82) is 0 Å². The molecule has 15 atom stereocenters. The molecule has 18 heteroatoms. The van der Waals surface area contributed by atoms with Gasteiger partial charge in [-0.2, -0.15) is 0 Å². The third-order valence-corrected chi connectivity index (χ3v) is 10.1. The third kappa shape index (κ3) is 14.6. The number of rotatable bonds is 21. The van der Waals surface area contributed by atoms with Crippen LogP contribution in [0.1, 0.15) is 127 Å². The fraction of sp³-hybridized carbons (Fsp3) is 0.875. The maximum Gasteiger partial charge on any atom is 0.306 e. The van der Waals surface area contributed by atoms with Crippen LogP contribution in [-0.4, -0.2) is 139 Å². The molecule has 0 bridgehead atoms. The Kier molecular flexibility index (Phi) is 20.7. The van der Waals surface area contributed by atoms with Gasteiger partial charge in [-0.05, 0) is 33.6 Å². The topological polar surface area (TPSA) is 227 Å². The van der Waals surface area contributed by atoms with Gasteiger partial charge in [0.1, 0.15) is 24.4 Å². The average molecular weight is 835 g/mol. The molecule has 0 aliphatic carbocycles. The summed E-state index contributed by atoms with van der Waals surface area (Å²) in [7, 11) is 0. The van der Waals surface area contributed by atoms with E-state index in [1.165, 1.54) is 13.8 Å². The van der Waals surface area contributed by atoms with Gasteiger partial charge in [0.2, 0.25) is 0 Å². The van der Waals surface area contributed by atoms with Gasteiger partial charge in [0.15, 0.2) is 49.4 Å². The zero-order valence-corrected chi connectivity index (χ0v) is 35.4. The summed E-state index contributed by atoms with van der Waals surface area (Å²) in [5, 5.41) is 23.2. The van der Waals surface area contributed by atoms with Crippen molar-refractivity contribution in [2.75, 3.05) is 6.61 Å². The van der Waals surface area contributed by atoms with Gasteiger partial charge in [-0.25, -0.2) is 0 Å². The summed E-state index contributed by atoms with van der Waals surface area (Å²) in [6, 6.07) is 0. The Bertz CT molecular complexity index is 1310. The second-order valence-corrected chi connectivity index (χ2v) is 15.2. The number of aliphatic hydroxyl groups excluding tert-OH is 2. The molecule has 0 spiro atoms. The Morgan fingerprint density at radius 1 is 0.466 bits per heavy atom. The van der Waals surface area contributed by atoms with Crippen molar-refractivity contribution in [1.82, 2.24) is 0 Å². The van der Waals surface area contributed by atoms with Gasteiger partial charge in [0.05, 0.1) is 18.3 Å². The van der Waals surface area contributed by atoms with Crippen LogP contribution in [0, 0.1) is 0 Å². The molecule has 0 saturated carbocycles. The van der Waals surface area contributed by atoms with Crippen LogP contribution in [0.5, 0.6) is 0 Å². The van der Waals surface area contributed by atoms with E-state index >= 15 is 0 Å². The van der Waals surface area contributed by atoms with Crippen LogP contribution in [0.3, 0.4) is 0 Å². The van der Waals surface area contributed by atoms with Crippen molar-refractivity contribution in [3.63, 3.8) is 0 Å². The molecular weight excluding hydrogens is 768 g/mol. The summed E-state index contributed by atoms with van der Waals surface area (Å²) in [5.74, 6) is -3.65. The third-order valence-electron chi connectivity index (χ3n) is 10.1. The molecule has 3 heterocycles. The van der Waals surface area contributed by atoms with Crippen molar-refractivity contribution in [3.05, 3.63) is 0 Å². The number of esters is 5. The lowest BCUT2D eigenvalue weighted by Crippen LogP contribution is -2.67. The quantitative estimate of drug-likeness (QED) is 0.0960.